The summed E-state index contributed by atoms with van der Waals surface area (Å²) in [6, 6.07) is 6.74. The number of rotatable bonds is 5. The Hall–Kier alpha value is -0.730. The smallest absolute Gasteiger partial charge is 0.0471 e. The molecule has 2 nitrogen and oxygen atoms in total. The molecule has 0 heterocycles. The Balaban J connectivity index is 2.82. The summed E-state index contributed by atoms with van der Waals surface area (Å²) in [7, 11) is 2.08. The monoisotopic (exact) mass is 240 g/mol. The van der Waals surface area contributed by atoms with Gasteiger partial charge < -0.3 is 10.2 Å². The largest absolute Gasteiger partial charge is 0.372 e. The van der Waals surface area contributed by atoms with Crippen LogP contribution in [0.1, 0.15) is 26.3 Å². The summed E-state index contributed by atoms with van der Waals surface area (Å²) in [5, 5.41) is 4.12. The first kappa shape index (κ1) is 13.3. The van der Waals surface area contributed by atoms with E-state index in [1.54, 1.807) is 0 Å². The molecule has 1 rings (SSSR count). The average Bonchev–Trinajstić information content (AvgIpc) is 2.26. The van der Waals surface area contributed by atoms with Crippen molar-refractivity contribution in [3.63, 3.8) is 0 Å². The molecule has 0 amide bonds. The molecule has 0 saturated carbocycles. The quantitative estimate of drug-likeness (QED) is 0.850. The van der Waals surface area contributed by atoms with E-state index in [1.807, 2.05) is 6.07 Å². The highest BCUT2D eigenvalue weighted by Gasteiger charge is 2.07. The molecule has 0 unspecified atom stereocenters. The summed E-state index contributed by atoms with van der Waals surface area (Å²) < 4.78 is 0. The summed E-state index contributed by atoms with van der Waals surface area (Å²) in [4.78, 5) is 2.21. The van der Waals surface area contributed by atoms with Gasteiger partial charge in [-0.05, 0) is 38.1 Å². The average molecular weight is 241 g/mol. The zero-order valence-corrected chi connectivity index (χ0v) is 11.3. The summed E-state index contributed by atoms with van der Waals surface area (Å²) in [5.41, 5.74) is 2.32. The fraction of sp³-hybridized carbons (Fsp3) is 0.538. The minimum atomic E-state index is 0.482. The maximum atomic E-state index is 6.25. The minimum absolute atomic E-state index is 0.482. The van der Waals surface area contributed by atoms with Gasteiger partial charge in [0.1, 0.15) is 0 Å². The second kappa shape index (κ2) is 6.12. The van der Waals surface area contributed by atoms with Crippen molar-refractivity contribution in [2.24, 2.45) is 0 Å². The first-order chi connectivity index (χ1) is 7.56. The molecular formula is C13H21ClN2. The molecule has 1 aromatic carbocycles. The lowest BCUT2D eigenvalue weighted by molar-refractivity contribution is 0.725. The van der Waals surface area contributed by atoms with Gasteiger partial charge >= 0.3 is 0 Å². The summed E-state index contributed by atoms with van der Waals surface area (Å²) >= 11 is 6.25. The van der Waals surface area contributed by atoms with E-state index >= 15 is 0 Å². The first-order valence-electron chi connectivity index (χ1n) is 5.78. The molecule has 0 fully saturated rings. The Morgan fingerprint density at radius 3 is 2.56 bits per heavy atom. The third kappa shape index (κ3) is 3.39. The van der Waals surface area contributed by atoms with Gasteiger partial charge in [-0.2, -0.15) is 0 Å². The number of benzene rings is 1. The van der Waals surface area contributed by atoms with E-state index in [1.165, 1.54) is 5.69 Å². The highest BCUT2D eigenvalue weighted by molar-refractivity contribution is 6.31. The Morgan fingerprint density at radius 1 is 1.38 bits per heavy atom. The lowest BCUT2D eigenvalue weighted by atomic mass is 10.1. The van der Waals surface area contributed by atoms with Crippen LogP contribution in [0.5, 0.6) is 0 Å². The number of hydrogen-bond acceptors (Lipinski definition) is 2. The number of nitrogens with one attached hydrogen (secondary N) is 1. The zero-order chi connectivity index (χ0) is 12.1. The van der Waals surface area contributed by atoms with Gasteiger partial charge in [0.15, 0.2) is 0 Å². The van der Waals surface area contributed by atoms with Crippen molar-refractivity contribution in [2.75, 3.05) is 18.5 Å². The molecule has 3 heteroatoms. The second-order valence-electron chi connectivity index (χ2n) is 4.26. The Labute approximate surface area is 104 Å². The number of nitrogens with zero attached hydrogens (tertiary/aromatic N) is 1. The molecular weight excluding hydrogens is 220 g/mol. The summed E-state index contributed by atoms with van der Waals surface area (Å²) in [6.45, 7) is 8.22. The van der Waals surface area contributed by atoms with Crippen molar-refractivity contribution in [2.45, 2.75) is 33.4 Å². The van der Waals surface area contributed by atoms with Crippen LogP contribution in [0.4, 0.5) is 5.69 Å². The maximum Gasteiger partial charge on any atom is 0.0471 e. The number of halogens is 1. The molecule has 0 spiro atoms. The lowest BCUT2D eigenvalue weighted by Crippen LogP contribution is -2.25. The molecule has 0 bridgehead atoms. The molecule has 16 heavy (non-hydrogen) atoms. The lowest BCUT2D eigenvalue weighted by Gasteiger charge is -2.24. The highest BCUT2D eigenvalue weighted by atomic mass is 35.5. The van der Waals surface area contributed by atoms with E-state index < -0.39 is 0 Å². The van der Waals surface area contributed by atoms with E-state index in [0.29, 0.717) is 6.04 Å². The van der Waals surface area contributed by atoms with Crippen molar-refractivity contribution in [3.8, 4) is 0 Å². The predicted molar refractivity (Wildman–Crippen MR) is 72.4 cm³/mol. The van der Waals surface area contributed by atoms with Crippen molar-refractivity contribution >= 4 is 17.3 Å². The van der Waals surface area contributed by atoms with Crippen LogP contribution in [0, 0.1) is 0 Å². The first-order valence-corrected chi connectivity index (χ1v) is 6.16. The molecule has 0 atom stereocenters. The van der Waals surface area contributed by atoms with Crippen LogP contribution in [0.15, 0.2) is 18.2 Å². The van der Waals surface area contributed by atoms with Gasteiger partial charge in [0.05, 0.1) is 0 Å². The van der Waals surface area contributed by atoms with Gasteiger partial charge in [0.2, 0.25) is 0 Å². The Morgan fingerprint density at radius 2 is 2.06 bits per heavy atom. The van der Waals surface area contributed by atoms with E-state index in [0.717, 1.165) is 23.7 Å². The van der Waals surface area contributed by atoms with Crippen molar-refractivity contribution < 1.29 is 0 Å². The van der Waals surface area contributed by atoms with Gasteiger partial charge in [-0.3, -0.25) is 0 Å². The van der Waals surface area contributed by atoms with Crippen LogP contribution < -0.4 is 10.2 Å². The summed E-state index contributed by atoms with van der Waals surface area (Å²) in [6.07, 6.45) is 0. The van der Waals surface area contributed by atoms with Gasteiger partial charge in [0, 0.05) is 30.3 Å². The van der Waals surface area contributed by atoms with E-state index in [9.17, 15) is 0 Å². The molecule has 1 aromatic rings. The Kier molecular flexibility index (Phi) is 5.10. The Bertz CT molecular complexity index is 337. The van der Waals surface area contributed by atoms with Gasteiger partial charge in [0.25, 0.3) is 0 Å². The molecule has 0 aliphatic rings. The fourth-order valence-corrected chi connectivity index (χ4v) is 1.70. The van der Waals surface area contributed by atoms with Gasteiger partial charge in [-0.25, -0.2) is 0 Å². The van der Waals surface area contributed by atoms with Crippen LogP contribution >= 0.6 is 11.6 Å². The summed E-state index contributed by atoms with van der Waals surface area (Å²) in [5.74, 6) is 0. The van der Waals surface area contributed by atoms with Crippen LogP contribution in [0.2, 0.25) is 5.02 Å². The van der Waals surface area contributed by atoms with Gasteiger partial charge in [-0.15, -0.1) is 0 Å². The molecule has 0 radical (unpaired) electrons. The molecule has 1 N–H and O–H groups in total. The topological polar surface area (TPSA) is 15.3 Å². The standard InChI is InChI=1S/C13H21ClN2/c1-5-15-9-11-6-7-12(8-13(11)14)16(4)10(2)3/h6-8,10,15H,5,9H2,1-4H3. The number of hydrogen-bond donors (Lipinski definition) is 1. The van der Waals surface area contributed by atoms with Gasteiger partial charge in [-0.1, -0.05) is 24.6 Å². The van der Waals surface area contributed by atoms with E-state index in [-0.39, 0.29) is 0 Å². The molecule has 0 aromatic heterocycles. The maximum absolute atomic E-state index is 6.25. The predicted octanol–water partition coefficient (Wildman–Crippen LogP) is 3.29. The van der Waals surface area contributed by atoms with E-state index in [2.05, 4.69) is 50.2 Å². The SMILES string of the molecule is CCNCc1ccc(N(C)C(C)C)cc1Cl. The number of anilines is 1. The van der Waals surface area contributed by atoms with Crippen molar-refractivity contribution in [1.29, 1.82) is 0 Å². The van der Waals surface area contributed by atoms with Crippen molar-refractivity contribution in [1.82, 2.24) is 5.32 Å². The molecule has 0 saturated heterocycles. The van der Waals surface area contributed by atoms with E-state index in [4.69, 9.17) is 11.6 Å². The fourth-order valence-electron chi connectivity index (χ4n) is 1.46. The zero-order valence-electron chi connectivity index (χ0n) is 10.5. The second-order valence-corrected chi connectivity index (χ2v) is 4.67. The molecule has 90 valence electrons. The van der Waals surface area contributed by atoms with Crippen LogP contribution in [0.25, 0.3) is 0 Å². The van der Waals surface area contributed by atoms with Crippen LogP contribution in [-0.4, -0.2) is 19.6 Å². The third-order valence-corrected chi connectivity index (χ3v) is 3.14. The normalized spacial score (nSPS) is 10.9. The van der Waals surface area contributed by atoms with Crippen LogP contribution in [-0.2, 0) is 6.54 Å². The highest BCUT2D eigenvalue weighted by Crippen LogP contribution is 2.24. The third-order valence-electron chi connectivity index (χ3n) is 2.78. The molecule has 0 aliphatic heterocycles. The van der Waals surface area contributed by atoms with Crippen LogP contribution in [0.3, 0.4) is 0 Å². The minimum Gasteiger partial charge on any atom is -0.372 e. The van der Waals surface area contributed by atoms with Crippen molar-refractivity contribution in [3.05, 3.63) is 28.8 Å². The molecule has 0 aliphatic carbocycles.